The summed E-state index contributed by atoms with van der Waals surface area (Å²) in [5.41, 5.74) is 3.18. The Balaban J connectivity index is 1.57. The van der Waals surface area contributed by atoms with Crippen LogP contribution in [0.25, 0.3) is 11.0 Å². The minimum Gasteiger partial charge on any atom is -0.451 e. The van der Waals surface area contributed by atoms with E-state index in [2.05, 4.69) is 11.4 Å². The molecule has 3 aromatic rings. The van der Waals surface area contributed by atoms with Gasteiger partial charge in [0, 0.05) is 35.6 Å². The minimum atomic E-state index is -0.232. The van der Waals surface area contributed by atoms with Crippen LogP contribution in [0.2, 0.25) is 0 Å². The van der Waals surface area contributed by atoms with Crippen LogP contribution in [0.3, 0.4) is 0 Å². The molecule has 0 atom stereocenters. The molecule has 0 saturated carbocycles. The van der Waals surface area contributed by atoms with Crippen molar-refractivity contribution in [2.45, 2.75) is 19.3 Å². The third-order valence-electron chi connectivity index (χ3n) is 4.28. The van der Waals surface area contributed by atoms with Gasteiger partial charge in [0.25, 0.3) is 5.91 Å². The first kappa shape index (κ1) is 20.0. The number of furan rings is 1. The lowest BCUT2D eigenvalue weighted by Crippen LogP contribution is -2.26. The van der Waals surface area contributed by atoms with Gasteiger partial charge in [-0.05, 0) is 24.6 Å². The molecule has 0 aliphatic rings. The molecule has 0 unspecified atom stereocenters. The van der Waals surface area contributed by atoms with Gasteiger partial charge in [0.1, 0.15) is 5.58 Å². The van der Waals surface area contributed by atoms with E-state index in [1.165, 1.54) is 0 Å². The van der Waals surface area contributed by atoms with Gasteiger partial charge in [-0.3, -0.25) is 4.79 Å². The van der Waals surface area contributed by atoms with Gasteiger partial charge in [-0.1, -0.05) is 36.4 Å². The van der Waals surface area contributed by atoms with Gasteiger partial charge in [0.05, 0.1) is 18.2 Å². The molecule has 1 aromatic heterocycles. The van der Waals surface area contributed by atoms with Gasteiger partial charge in [0.15, 0.2) is 5.76 Å². The van der Waals surface area contributed by atoms with E-state index in [0.717, 1.165) is 28.0 Å². The van der Waals surface area contributed by atoms with E-state index in [9.17, 15) is 4.79 Å². The summed E-state index contributed by atoms with van der Waals surface area (Å²) in [6.45, 7) is 3.35. The Hall–Kier alpha value is -2.75. The minimum absolute atomic E-state index is 0.232. The molecule has 5 nitrogen and oxygen atoms in total. The summed E-state index contributed by atoms with van der Waals surface area (Å²) in [6, 6.07) is 17.4. The number of nitrogens with zero attached hydrogens (tertiary/aromatic N) is 1. The third kappa shape index (κ3) is 4.75. The predicted octanol–water partition coefficient (Wildman–Crippen LogP) is 4.50. The highest BCUT2D eigenvalue weighted by Gasteiger charge is 2.20. The third-order valence-corrected chi connectivity index (χ3v) is 5.29. The first-order valence-corrected chi connectivity index (χ1v) is 10.3. The number of benzene rings is 2. The maximum atomic E-state index is 12.6. The quantitative estimate of drug-likeness (QED) is 0.541. The van der Waals surface area contributed by atoms with Crippen molar-refractivity contribution in [2.24, 2.45) is 0 Å². The van der Waals surface area contributed by atoms with Gasteiger partial charge in [0.2, 0.25) is 0 Å². The molecule has 0 spiro atoms. The largest absolute Gasteiger partial charge is 0.451 e. The van der Waals surface area contributed by atoms with Gasteiger partial charge in [-0.2, -0.15) is 17.0 Å². The van der Waals surface area contributed by atoms with E-state index in [-0.39, 0.29) is 5.91 Å². The fourth-order valence-corrected chi connectivity index (χ4v) is 3.75. The van der Waals surface area contributed by atoms with Crippen molar-refractivity contribution in [3.05, 3.63) is 71.0 Å². The fraction of sp³-hybridized carbons (Fsp3) is 0.273. The molecule has 1 N–H and O–H groups in total. The first-order valence-electron chi connectivity index (χ1n) is 9.16. The number of para-hydroxylation sites is 1. The molecule has 0 bridgehead atoms. The van der Waals surface area contributed by atoms with Crippen LogP contribution < -0.4 is 5.32 Å². The molecule has 3 rings (SSSR count). The van der Waals surface area contributed by atoms with Crippen LogP contribution in [0.5, 0.6) is 0 Å². The molecule has 1 amide bonds. The van der Waals surface area contributed by atoms with E-state index in [1.54, 1.807) is 11.8 Å². The van der Waals surface area contributed by atoms with E-state index < -0.39 is 0 Å². The first-order chi connectivity index (χ1) is 13.7. The Bertz CT molecular complexity index is 991. The number of amides is 1. The van der Waals surface area contributed by atoms with Crippen molar-refractivity contribution >= 4 is 28.6 Å². The number of hydrogen-bond acceptors (Lipinski definition) is 5. The molecule has 0 aliphatic carbocycles. The Labute approximate surface area is 168 Å². The summed E-state index contributed by atoms with van der Waals surface area (Å²) in [5, 5.41) is 13.0. The normalized spacial score (nSPS) is 10.7. The molecule has 2 aromatic carbocycles. The molecule has 28 heavy (non-hydrogen) atoms. The van der Waals surface area contributed by atoms with Crippen LogP contribution in [-0.2, 0) is 17.1 Å². The molecule has 0 saturated heterocycles. The summed E-state index contributed by atoms with van der Waals surface area (Å²) in [4.78, 5) is 12.6. The lowest BCUT2D eigenvalue weighted by molar-refractivity contribution is 0.0917. The van der Waals surface area contributed by atoms with E-state index in [4.69, 9.17) is 14.4 Å². The Morgan fingerprint density at radius 2 is 2.00 bits per heavy atom. The lowest BCUT2D eigenvalue weighted by Gasteiger charge is -2.07. The number of rotatable bonds is 9. The maximum Gasteiger partial charge on any atom is 0.287 e. The van der Waals surface area contributed by atoms with Crippen molar-refractivity contribution in [3.8, 4) is 6.07 Å². The van der Waals surface area contributed by atoms with E-state index in [0.29, 0.717) is 36.7 Å². The fourth-order valence-electron chi connectivity index (χ4n) is 2.88. The molecular formula is C22H22N2O3S. The number of thioether (sulfide) groups is 1. The second kappa shape index (κ2) is 9.98. The second-order valence-electron chi connectivity index (χ2n) is 6.12. The zero-order valence-corrected chi connectivity index (χ0v) is 16.6. The molecule has 144 valence electrons. The summed E-state index contributed by atoms with van der Waals surface area (Å²) >= 11 is 1.68. The second-order valence-corrected chi connectivity index (χ2v) is 7.23. The highest BCUT2D eigenvalue weighted by atomic mass is 32.2. The lowest BCUT2D eigenvalue weighted by atomic mass is 10.1. The zero-order chi connectivity index (χ0) is 19.8. The van der Waals surface area contributed by atoms with Crippen LogP contribution in [-0.4, -0.2) is 24.8 Å². The molecule has 6 heteroatoms. The van der Waals surface area contributed by atoms with E-state index in [1.807, 2.05) is 55.5 Å². The number of ether oxygens (including phenoxy) is 1. The molecule has 0 radical (unpaired) electrons. The van der Waals surface area contributed by atoms with Crippen LogP contribution in [0.15, 0.2) is 52.9 Å². The highest BCUT2D eigenvalue weighted by molar-refractivity contribution is 7.98. The molecule has 1 heterocycles. The van der Waals surface area contributed by atoms with Crippen LogP contribution in [0.1, 0.15) is 34.2 Å². The molecule has 0 aliphatic heterocycles. The molecule has 0 fully saturated rings. The number of carbonyl (C=O) groups excluding carboxylic acids is 1. The van der Waals surface area contributed by atoms with Crippen molar-refractivity contribution in [1.82, 2.24) is 5.32 Å². The standard InChI is InChI=1S/C22H22N2O3S/c1-2-26-14-19-18-9-5-6-10-20(18)27-21(19)22(25)24-11-12-28-15-17-8-4-3-7-16(17)13-23/h3-10H,2,11-12,14-15H2,1H3,(H,24,25). The van der Waals surface area contributed by atoms with Crippen molar-refractivity contribution in [3.63, 3.8) is 0 Å². The number of nitrogens with one attached hydrogen (secondary N) is 1. The summed E-state index contributed by atoms with van der Waals surface area (Å²) in [6.07, 6.45) is 0. The van der Waals surface area contributed by atoms with Crippen LogP contribution >= 0.6 is 11.8 Å². The average Bonchev–Trinajstić information content (AvgIpc) is 3.10. The maximum absolute atomic E-state index is 12.6. The monoisotopic (exact) mass is 394 g/mol. The number of carbonyl (C=O) groups is 1. The Morgan fingerprint density at radius 1 is 1.21 bits per heavy atom. The molecular weight excluding hydrogens is 372 g/mol. The average molecular weight is 394 g/mol. The van der Waals surface area contributed by atoms with Gasteiger partial charge < -0.3 is 14.5 Å². The predicted molar refractivity (Wildman–Crippen MR) is 111 cm³/mol. The highest BCUT2D eigenvalue weighted by Crippen LogP contribution is 2.26. The zero-order valence-electron chi connectivity index (χ0n) is 15.7. The summed E-state index contributed by atoms with van der Waals surface area (Å²) in [7, 11) is 0. The van der Waals surface area contributed by atoms with Crippen LogP contribution in [0.4, 0.5) is 0 Å². The van der Waals surface area contributed by atoms with Crippen molar-refractivity contribution < 1.29 is 13.9 Å². The Kier molecular flexibility index (Phi) is 7.12. The SMILES string of the molecule is CCOCc1c(C(=O)NCCSCc2ccccc2C#N)oc2ccccc12. The smallest absolute Gasteiger partial charge is 0.287 e. The van der Waals surface area contributed by atoms with E-state index >= 15 is 0 Å². The van der Waals surface area contributed by atoms with Gasteiger partial charge in [-0.25, -0.2) is 0 Å². The van der Waals surface area contributed by atoms with Gasteiger partial charge >= 0.3 is 0 Å². The van der Waals surface area contributed by atoms with Crippen molar-refractivity contribution in [2.75, 3.05) is 18.9 Å². The Morgan fingerprint density at radius 3 is 2.82 bits per heavy atom. The van der Waals surface area contributed by atoms with Gasteiger partial charge in [-0.15, -0.1) is 0 Å². The number of nitriles is 1. The number of fused-ring (bicyclic) bond motifs is 1. The number of hydrogen-bond donors (Lipinski definition) is 1. The van der Waals surface area contributed by atoms with Crippen molar-refractivity contribution in [1.29, 1.82) is 5.26 Å². The summed E-state index contributed by atoms with van der Waals surface area (Å²) in [5.74, 6) is 1.56. The summed E-state index contributed by atoms with van der Waals surface area (Å²) < 4.78 is 11.3. The topological polar surface area (TPSA) is 75.3 Å². The van der Waals surface area contributed by atoms with Crippen LogP contribution in [0, 0.1) is 11.3 Å².